The third-order valence-corrected chi connectivity index (χ3v) is 7.99. The number of thioether (sulfide) groups is 2. The van der Waals surface area contributed by atoms with Crippen molar-refractivity contribution in [2.75, 3.05) is 24.7 Å². The van der Waals surface area contributed by atoms with E-state index in [4.69, 9.17) is 9.47 Å². The highest BCUT2D eigenvalue weighted by Crippen LogP contribution is 2.43. The van der Waals surface area contributed by atoms with E-state index in [2.05, 4.69) is 37.4 Å². The van der Waals surface area contributed by atoms with Gasteiger partial charge >= 0.3 is 0 Å². The second-order valence-corrected chi connectivity index (χ2v) is 10.7. The molecule has 4 nitrogen and oxygen atoms in total. The lowest BCUT2D eigenvalue weighted by Gasteiger charge is -2.21. The zero-order chi connectivity index (χ0) is 20.3. The van der Waals surface area contributed by atoms with Crippen LogP contribution in [0.2, 0.25) is 0 Å². The second-order valence-electron chi connectivity index (χ2n) is 7.94. The van der Waals surface area contributed by atoms with Gasteiger partial charge in [0.25, 0.3) is 5.91 Å². The fourth-order valence-electron chi connectivity index (χ4n) is 3.60. The molecular weight excluding hydrogens is 402 g/mol. The number of fused-ring (bicyclic) bond motifs is 1. The van der Waals surface area contributed by atoms with E-state index in [-0.39, 0.29) is 11.5 Å². The Morgan fingerprint density at radius 2 is 1.93 bits per heavy atom. The predicted molar refractivity (Wildman–Crippen MR) is 121 cm³/mol. The van der Waals surface area contributed by atoms with Gasteiger partial charge in [-0.3, -0.25) is 4.79 Å². The average molecular weight is 430 g/mol. The molecule has 0 unspecified atom stereocenters. The van der Waals surface area contributed by atoms with Crippen LogP contribution in [-0.2, 0) is 6.42 Å². The van der Waals surface area contributed by atoms with Gasteiger partial charge in [-0.25, -0.2) is 0 Å². The van der Waals surface area contributed by atoms with Crippen LogP contribution in [0.3, 0.4) is 0 Å². The van der Waals surface area contributed by atoms with Gasteiger partial charge in [-0.15, -0.1) is 23.5 Å². The van der Waals surface area contributed by atoms with E-state index in [1.165, 1.54) is 29.1 Å². The van der Waals surface area contributed by atoms with Gasteiger partial charge in [0.05, 0.1) is 11.1 Å². The number of benzene rings is 2. The van der Waals surface area contributed by atoms with Crippen molar-refractivity contribution in [1.82, 2.24) is 5.32 Å². The predicted octanol–water partition coefficient (Wildman–Crippen LogP) is 5.08. The summed E-state index contributed by atoms with van der Waals surface area (Å²) in [5.41, 5.74) is 2.95. The molecule has 1 saturated heterocycles. The topological polar surface area (TPSA) is 47.6 Å². The molecule has 0 aliphatic carbocycles. The summed E-state index contributed by atoms with van der Waals surface area (Å²) in [6, 6.07) is 14.0. The van der Waals surface area contributed by atoms with Crippen molar-refractivity contribution in [3.8, 4) is 11.5 Å². The Morgan fingerprint density at radius 3 is 2.69 bits per heavy atom. The molecule has 1 fully saturated rings. The number of carbonyl (C=O) groups is 1. The Kier molecular flexibility index (Phi) is 6.30. The van der Waals surface area contributed by atoms with E-state index in [1.54, 1.807) is 0 Å². The number of carbonyl (C=O) groups excluding carboxylic acids is 1. The molecule has 1 amide bonds. The normalized spacial score (nSPS) is 18.0. The van der Waals surface area contributed by atoms with Crippen LogP contribution in [0.1, 0.15) is 46.3 Å². The summed E-state index contributed by atoms with van der Waals surface area (Å²) in [5.74, 6) is 3.94. The molecule has 4 rings (SSSR count). The van der Waals surface area contributed by atoms with Crippen LogP contribution >= 0.6 is 23.5 Å². The lowest BCUT2D eigenvalue weighted by molar-refractivity contribution is 0.0946. The summed E-state index contributed by atoms with van der Waals surface area (Å²) in [6.45, 7) is 5.00. The molecule has 2 aromatic rings. The second kappa shape index (κ2) is 8.92. The van der Waals surface area contributed by atoms with E-state index in [1.807, 2.05) is 47.8 Å². The largest absolute Gasteiger partial charge is 0.488 e. The first-order chi connectivity index (χ1) is 14.0. The Morgan fingerprint density at radius 1 is 1.17 bits per heavy atom. The first kappa shape index (κ1) is 20.5. The summed E-state index contributed by atoms with van der Waals surface area (Å²) < 4.78 is 12.4. The van der Waals surface area contributed by atoms with Crippen molar-refractivity contribution < 1.29 is 14.3 Å². The summed E-state index contributed by atoms with van der Waals surface area (Å²) in [4.78, 5) is 12.4. The monoisotopic (exact) mass is 429 g/mol. The Labute approximate surface area is 181 Å². The molecule has 2 heterocycles. The van der Waals surface area contributed by atoms with Crippen molar-refractivity contribution >= 4 is 29.4 Å². The van der Waals surface area contributed by atoms with Crippen LogP contribution in [0.25, 0.3) is 0 Å². The van der Waals surface area contributed by atoms with Crippen molar-refractivity contribution in [3.63, 3.8) is 0 Å². The molecule has 29 heavy (non-hydrogen) atoms. The summed E-state index contributed by atoms with van der Waals surface area (Å²) in [6.07, 6.45) is 2.16. The van der Waals surface area contributed by atoms with E-state index in [0.717, 1.165) is 17.9 Å². The Bertz CT molecular complexity index is 861. The number of rotatable bonds is 6. The number of amides is 1. The van der Waals surface area contributed by atoms with Crippen LogP contribution in [0.5, 0.6) is 11.5 Å². The lowest BCUT2D eigenvalue weighted by Crippen LogP contribution is -2.28. The molecule has 0 atom stereocenters. The van der Waals surface area contributed by atoms with Crippen LogP contribution in [0.4, 0.5) is 0 Å². The molecule has 0 aromatic heterocycles. The van der Waals surface area contributed by atoms with Gasteiger partial charge < -0.3 is 14.8 Å². The van der Waals surface area contributed by atoms with Gasteiger partial charge in [0.1, 0.15) is 12.2 Å². The van der Waals surface area contributed by atoms with Crippen LogP contribution in [-0.4, -0.2) is 36.2 Å². The Balaban J connectivity index is 1.26. The number of nitrogens with one attached hydrogen (secondary N) is 1. The molecule has 0 saturated carbocycles. The standard InChI is InChI=1S/C23H27NO3S2/c1-23(2)15-18-5-3-6-19(20(18)27-23)26-12-11-24-21(25)16-7-9-17(10-8-16)22-28-13-4-14-29-22/h3,5-10,22H,4,11-15H2,1-2H3,(H,24,25). The first-order valence-corrected chi connectivity index (χ1v) is 12.2. The zero-order valence-electron chi connectivity index (χ0n) is 16.9. The summed E-state index contributed by atoms with van der Waals surface area (Å²) in [5, 5.41) is 2.94. The quantitative estimate of drug-likeness (QED) is 0.649. The minimum absolute atomic E-state index is 0.0697. The smallest absolute Gasteiger partial charge is 0.251 e. The van der Waals surface area contributed by atoms with Gasteiger partial charge in [-0.2, -0.15) is 0 Å². The molecule has 2 aromatic carbocycles. The highest BCUT2D eigenvalue weighted by atomic mass is 32.2. The van der Waals surface area contributed by atoms with E-state index in [0.29, 0.717) is 23.3 Å². The average Bonchev–Trinajstić information content (AvgIpc) is 3.06. The van der Waals surface area contributed by atoms with Gasteiger partial charge in [-0.05, 0) is 55.5 Å². The molecule has 2 aliphatic heterocycles. The Hall–Kier alpha value is -1.79. The van der Waals surface area contributed by atoms with Crippen molar-refractivity contribution in [2.45, 2.75) is 36.9 Å². The fourth-order valence-corrected chi connectivity index (χ4v) is 6.49. The highest BCUT2D eigenvalue weighted by Gasteiger charge is 2.32. The van der Waals surface area contributed by atoms with E-state index < -0.39 is 0 Å². The minimum Gasteiger partial charge on any atom is -0.488 e. The summed E-state index contributed by atoms with van der Waals surface area (Å²) >= 11 is 3.98. The van der Waals surface area contributed by atoms with E-state index in [9.17, 15) is 4.79 Å². The lowest BCUT2D eigenvalue weighted by atomic mass is 10.0. The van der Waals surface area contributed by atoms with Crippen molar-refractivity contribution in [3.05, 3.63) is 59.2 Å². The number of hydrogen-bond acceptors (Lipinski definition) is 5. The third kappa shape index (κ3) is 5.04. The third-order valence-electron chi connectivity index (χ3n) is 4.97. The minimum atomic E-state index is -0.198. The maximum Gasteiger partial charge on any atom is 0.251 e. The molecule has 0 spiro atoms. The van der Waals surface area contributed by atoms with Gasteiger partial charge in [0, 0.05) is 17.5 Å². The molecule has 1 N–H and O–H groups in total. The van der Waals surface area contributed by atoms with Crippen molar-refractivity contribution in [2.24, 2.45) is 0 Å². The molecular formula is C23H27NO3S2. The van der Waals surface area contributed by atoms with Crippen LogP contribution < -0.4 is 14.8 Å². The first-order valence-electron chi connectivity index (χ1n) is 10.1. The maximum atomic E-state index is 12.4. The number of ether oxygens (including phenoxy) is 2. The van der Waals surface area contributed by atoms with Gasteiger partial charge in [0.2, 0.25) is 0 Å². The molecule has 154 valence electrons. The highest BCUT2D eigenvalue weighted by molar-refractivity contribution is 8.16. The van der Waals surface area contributed by atoms with E-state index >= 15 is 0 Å². The molecule has 2 aliphatic rings. The van der Waals surface area contributed by atoms with Gasteiger partial charge in [-0.1, -0.05) is 24.3 Å². The van der Waals surface area contributed by atoms with Gasteiger partial charge in [0.15, 0.2) is 11.5 Å². The SMILES string of the molecule is CC1(C)Cc2cccc(OCCNC(=O)c3ccc(C4SCCCS4)cc3)c2O1. The van der Waals surface area contributed by atoms with Crippen LogP contribution in [0.15, 0.2) is 42.5 Å². The molecule has 0 bridgehead atoms. The zero-order valence-corrected chi connectivity index (χ0v) is 18.5. The number of hydrogen-bond donors (Lipinski definition) is 1. The number of para-hydroxylation sites is 1. The fraction of sp³-hybridized carbons (Fsp3) is 0.435. The van der Waals surface area contributed by atoms with Crippen molar-refractivity contribution in [1.29, 1.82) is 0 Å². The van der Waals surface area contributed by atoms with Crippen LogP contribution in [0, 0.1) is 0 Å². The molecule has 0 radical (unpaired) electrons. The summed E-state index contributed by atoms with van der Waals surface area (Å²) in [7, 11) is 0. The molecule has 6 heteroatoms. The maximum absolute atomic E-state index is 12.4.